The average Bonchev–Trinajstić information content (AvgIpc) is 3.35. The van der Waals surface area contributed by atoms with Crippen LogP contribution in [-0.2, 0) is 89.7 Å². The van der Waals surface area contributed by atoms with Gasteiger partial charge in [-0.15, -0.1) is 24.8 Å². The molecule has 0 spiro atoms. The van der Waals surface area contributed by atoms with Gasteiger partial charge in [0.15, 0.2) is 0 Å². The summed E-state index contributed by atoms with van der Waals surface area (Å²) in [6, 6.07) is 13.5. The minimum atomic E-state index is -1.91. The smallest absolute Gasteiger partial charge is 0.138 e. The molecule has 2 aromatic heterocycles. The van der Waals surface area contributed by atoms with Gasteiger partial charge in [-0.2, -0.15) is 12.0 Å². The van der Waals surface area contributed by atoms with Gasteiger partial charge in [-0.05, 0) is 46.4 Å². The Kier molecular flexibility index (Phi) is 14.0. The monoisotopic (exact) mass is 1010 g/mol. The van der Waals surface area contributed by atoms with Gasteiger partial charge in [0, 0.05) is 95.4 Å². The Morgan fingerprint density at radius 3 is 2.30 bits per heavy atom. The van der Waals surface area contributed by atoms with Crippen molar-refractivity contribution in [2.24, 2.45) is 0 Å². The fraction of sp³-hybridized carbons (Fsp3) is 0.167. The summed E-state index contributed by atoms with van der Waals surface area (Å²) in [5.74, 6) is -0.809. The van der Waals surface area contributed by atoms with Gasteiger partial charge in [-0.1, -0.05) is 23.9 Å². The van der Waals surface area contributed by atoms with E-state index in [0.29, 0.717) is 30.1 Å². The van der Waals surface area contributed by atoms with Crippen LogP contribution in [0.1, 0.15) is 18.2 Å². The molecular weight excluding hydrogens is 983 g/mol. The third-order valence-electron chi connectivity index (χ3n) is 5.43. The van der Waals surface area contributed by atoms with E-state index in [1.807, 2.05) is 12.1 Å². The molecule has 13 heteroatoms. The van der Waals surface area contributed by atoms with E-state index in [2.05, 4.69) is 20.5 Å². The molecule has 37 heavy (non-hydrogen) atoms. The van der Waals surface area contributed by atoms with Gasteiger partial charge in [0.2, 0.25) is 0 Å². The zero-order chi connectivity index (χ0) is 24.1. The number of hydrogen-bond acceptors (Lipinski definition) is 6. The predicted octanol–water partition coefficient (Wildman–Crippen LogP) is 4.05. The summed E-state index contributed by atoms with van der Waals surface area (Å²) in [6.45, 7) is 1.69. The molecule has 0 radical (unpaired) electrons. The van der Waals surface area contributed by atoms with Crippen molar-refractivity contribution >= 4 is 0 Å². The van der Waals surface area contributed by atoms with Gasteiger partial charge >= 0.3 is 0 Å². The SMILES string of the molecule is C[C-](c1ccc(-c2ccc(OC[CH-]F)cc2)cn1)C(O)(Cn1cnnn1)c1ccc(F)cc1F.[Hf].[Hf].[Hf]. The van der Waals surface area contributed by atoms with Crippen LogP contribution in [0.2, 0.25) is 0 Å². The normalized spacial score (nSPS) is 11.8. The second-order valence-electron chi connectivity index (χ2n) is 7.54. The molecule has 0 aliphatic carbocycles. The standard InChI is InChI=1S/C24H20F3N5O2.3Hf/c1-16(23-9-4-18(13-28-23)17-2-6-20(7-3-17)34-11-10-25)24(33,14-32-15-29-30-31-32)21-8-5-19(26)12-22(21)27;;;/h2-10,12-13,15,33H,11,14H2,1H3;;;/q-2;;;. The van der Waals surface area contributed by atoms with Gasteiger partial charge < -0.3 is 14.2 Å². The summed E-state index contributed by atoms with van der Waals surface area (Å²) in [5.41, 5.74) is 0.00278. The molecule has 1 unspecified atom stereocenters. The second-order valence-corrected chi connectivity index (χ2v) is 7.54. The molecule has 0 saturated carbocycles. The van der Waals surface area contributed by atoms with Crippen LogP contribution in [0, 0.1) is 24.2 Å². The summed E-state index contributed by atoms with van der Waals surface area (Å²) in [4.78, 5) is 4.45. The molecule has 2 heterocycles. The molecule has 0 saturated heterocycles. The Balaban J connectivity index is 0.00000228. The maximum atomic E-state index is 14.7. The Labute approximate surface area is 268 Å². The Morgan fingerprint density at radius 1 is 1.03 bits per heavy atom. The van der Waals surface area contributed by atoms with Crippen molar-refractivity contribution in [3.63, 3.8) is 0 Å². The topological polar surface area (TPSA) is 86.0 Å². The van der Waals surface area contributed by atoms with Gasteiger partial charge in [0.05, 0.1) is 12.1 Å². The van der Waals surface area contributed by atoms with Gasteiger partial charge in [-0.25, -0.2) is 13.5 Å². The molecule has 4 aromatic rings. The van der Waals surface area contributed by atoms with Crippen LogP contribution < -0.4 is 4.74 Å². The zero-order valence-corrected chi connectivity index (χ0v) is 30.3. The number of aliphatic hydroxyl groups is 1. The van der Waals surface area contributed by atoms with Crippen molar-refractivity contribution in [2.75, 3.05) is 6.61 Å². The molecule has 1 atom stereocenters. The summed E-state index contributed by atoms with van der Waals surface area (Å²) in [7, 11) is 0. The number of halogens is 3. The quantitative estimate of drug-likeness (QED) is 0.202. The molecule has 0 fully saturated rings. The van der Waals surface area contributed by atoms with Gasteiger partial charge in [0.25, 0.3) is 0 Å². The number of benzene rings is 2. The zero-order valence-electron chi connectivity index (χ0n) is 19.6. The molecule has 0 amide bonds. The van der Waals surface area contributed by atoms with Crippen LogP contribution in [0.5, 0.6) is 5.75 Å². The first-order chi connectivity index (χ1) is 16.4. The van der Waals surface area contributed by atoms with E-state index >= 15 is 0 Å². The van der Waals surface area contributed by atoms with Crippen LogP contribution in [0.4, 0.5) is 13.2 Å². The summed E-state index contributed by atoms with van der Waals surface area (Å²) >= 11 is 0. The molecular formula is C24H20F3Hf3N5O2-2. The summed E-state index contributed by atoms with van der Waals surface area (Å²) in [6.07, 6.45) is 2.90. The van der Waals surface area contributed by atoms with E-state index in [9.17, 15) is 18.3 Å². The molecule has 0 bridgehead atoms. The fourth-order valence-electron chi connectivity index (χ4n) is 3.59. The van der Waals surface area contributed by atoms with E-state index in [0.717, 1.165) is 17.2 Å². The predicted molar refractivity (Wildman–Crippen MR) is 117 cm³/mol. The number of nitrogens with zero attached hydrogens (tertiary/aromatic N) is 5. The van der Waals surface area contributed by atoms with Crippen LogP contribution >= 0.6 is 0 Å². The summed E-state index contributed by atoms with van der Waals surface area (Å²) < 4.78 is 46.8. The minimum Gasteiger partial charge on any atom is -0.523 e. The van der Waals surface area contributed by atoms with Crippen LogP contribution in [0.3, 0.4) is 0 Å². The molecule has 0 aliphatic rings. The van der Waals surface area contributed by atoms with Gasteiger partial charge in [-0.3, -0.25) is 4.98 Å². The van der Waals surface area contributed by atoms with Crippen LogP contribution in [-0.4, -0.2) is 36.9 Å². The maximum Gasteiger partial charge on any atom is 0.138 e. The second kappa shape index (κ2) is 15.3. The molecule has 4 rings (SSSR count). The van der Waals surface area contributed by atoms with E-state index < -0.39 is 17.2 Å². The molecule has 188 valence electrons. The van der Waals surface area contributed by atoms with Crippen LogP contribution in [0.25, 0.3) is 11.1 Å². The molecule has 1 N–H and O–H groups in total. The van der Waals surface area contributed by atoms with Crippen molar-refractivity contribution < 1.29 is 101 Å². The number of hydrogen-bond donors (Lipinski definition) is 1. The molecule has 2 aromatic carbocycles. The number of tetrazole rings is 1. The van der Waals surface area contributed by atoms with E-state index in [4.69, 9.17) is 4.74 Å². The first-order valence-corrected chi connectivity index (χ1v) is 10.2. The number of ether oxygens (including phenoxy) is 1. The van der Waals surface area contributed by atoms with Crippen molar-refractivity contribution in [2.45, 2.75) is 19.1 Å². The third-order valence-corrected chi connectivity index (χ3v) is 5.43. The number of rotatable bonds is 9. The van der Waals surface area contributed by atoms with Crippen LogP contribution in [0.15, 0.2) is 67.1 Å². The fourth-order valence-corrected chi connectivity index (χ4v) is 3.59. The average molecular weight is 1000 g/mol. The third kappa shape index (κ3) is 8.09. The number of aromatic nitrogens is 5. The Bertz CT molecular complexity index is 1240. The minimum absolute atomic E-state index is 0. The van der Waals surface area contributed by atoms with E-state index in [1.54, 1.807) is 37.4 Å². The van der Waals surface area contributed by atoms with E-state index in [1.165, 1.54) is 17.1 Å². The van der Waals surface area contributed by atoms with Gasteiger partial charge in [0.1, 0.15) is 23.7 Å². The van der Waals surface area contributed by atoms with Crippen molar-refractivity contribution in [3.8, 4) is 16.9 Å². The van der Waals surface area contributed by atoms with Crippen molar-refractivity contribution in [1.82, 2.24) is 25.2 Å². The maximum absolute atomic E-state index is 14.7. The van der Waals surface area contributed by atoms with Crippen molar-refractivity contribution in [1.29, 1.82) is 0 Å². The van der Waals surface area contributed by atoms with Crippen molar-refractivity contribution in [3.05, 3.63) is 103 Å². The Morgan fingerprint density at radius 2 is 1.73 bits per heavy atom. The van der Waals surface area contributed by atoms with E-state index in [-0.39, 0.29) is 96.2 Å². The largest absolute Gasteiger partial charge is 0.523 e. The number of pyridine rings is 1. The first-order valence-electron chi connectivity index (χ1n) is 10.2. The molecule has 0 aliphatic heterocycles. The first kappa shape index (κ1) is 33.7. The summed E-state index contributed by atoms with van der Waals surface area (Å²) in [5, 5.41) is 22.5. The molecule has 7 nitrogen and oxygen atoms in total. The Hall–Kier alpha value is -1.31.